The molecule has 106 valence electrons. The van der Waals surface area contributed by atoms with Crippen LogP contribution in [0.5, 0.6) is 0 Å². The van der Waals surface area contributed by atoms with Crippen LogP contribution in [0.15, 0.2) is 18.2 Å². The standard InChI is InChI=1S/C15H22ClFN2/c1-2-11-5-3-4-6-15(11,10-18)19-14-8-12(16)7-13(17)9-14/h7-9,11,19H,2-6,10,18H2,1H3. The Morgan fingerprint density at radius 2 is 2.21 bits per heavy atom. The van der Waals surface area contributed by atoms with Gasteiger partial charge in [0, 0.05) is 17.3 Å². The lowest BCUT2D eigenvalue weighted by molar-refractivity contribution is 0.212. The minimum Gasteiger partial charge on any atom is -0.378 e. The summed E-state index contributed by atoms with van der Waals surface area (Å²) in [4.78, 5) is 0. The van der Waals surface area contributed by atoms with Gasteiger partial charge in [-0.25, -0.2) is 4.39 Å². The highest BCUT2D eigenvalue weighted by Gasteiger charge is 2.38. The number of rotatable bonds is 4. The van der Waals surface area contributed by atoms with Crippen molar-refractivity contribution in [3.63, 3.8) is 0 Å². The Bertz CT molecular complexity index is 418. The summed E-state index contributed by atoms with van der Waals surface area (Å²) in [6, 6.07) is 4.58. The number of hydrogen-bond acceptors (Lipinski definition) is 2. The fraction of sp³-hybridized carbons (Fsp3) is 0.600. The number of hydrogen-bond donors (Lipinski definition) is 2. The Kier molecular flexibility index (Phi) is 4.69. The summed E-state index contributed by atoms with van der Waals surface area (Å²) in [5, 5.41) is 3.89. The second-order valence-electron chi connectivity index (χ2n) is 5.49. The molecule has 4 heteroatoms. The minimum absolute atomic E-state index is 0.121. The molecule has 0 aromatic heterocycles. The van der Waals surface area contributed by atoms with Crippen molar-refractivity contribution in [2.45, 2.75) is 44.6 Å². The molecule has 2 nitrogen and oxygen atoms in total. The van der Waals surface area contributed by atoms with Crippen LogP contribution in [0.3, 0.4) is 0 Å². The average molecular weight is 285 g/mol. The highest BCUT2D eigenvalue weighted by Crippen LogP contribution is 2.38. The fourth-order valence-corrected chi connectivity index (χ4v) is 3.53. The van der Waals surface area contributed by atoms with Crippen LogP contribution in [0.25, 0.3) is 0 Å². The van der Waals surface area contributed by atoms with E-state index >= 15 is 0 Å². The van der Waals surface area contributed by atoms with Gasteiger partial charge in [0.25, 0.3) is 0 Å². The van der Waals surface area contributed by atoms with E-state index in [-0.39, 0.29) is 11.4 Å². The van der Waals surface area contributed by atoms with Gasteiger partial charge in [-0.2, -0.15) is 0 Å². The van der Waals surface area contributed by atoms with Gasteiger partial charge in [-0.3, -0.25) is 0 Å². The smallest absolute Gasteiger partial charge is 0.126 e. The Labute approximate surface area is 119 Å². The maximum atomic E-state index is 13.4. The number of anilines is 1. The van der Waals surface area contributed by atoms with E-state index in [1.807, 2.05) is 0 Å². The van der Waals surface area contributed by atoms with Crippen molar-refractivity contribution in [3.05, 3.63) is 29.0 Å². The Morgan fingerprint density at radius 3 is 2.84 bits per heavy atom. The molecule has 1 saturated carbocycles. The predicted octanol–water partition coefficient (Wildman–Crippen LogP) is 4.19. The summed E-state index contributed by atoms with van der Waals surface area (Å²) in [6.45, 7) is 2.76. The second kappa shape index (κ2) is 6.10. The topological polar surface area (TPSA) is 38.0 Å². The third kappa shape index (κ3) is 3.21. The Morgan fingerprint density at radius 1 is 1.42 bits per heavy atom. The molecule has 1 aromatic rings. The molecule has 0 amide bonds. The van der Waals surface area contributed by atoms with Gasteiger partial charge in [-0.1, -0.05) is 37.8 Å². The first-order valence-corrected chi connectivity index (χ1v) is 7.42. The zero-order valence-corrected chi connectivity index (χ0v) is 12.1. The fourth-order valence-electron chi connectivity index (χ4n) is 3.30. The zero-order chi connectivity index (χ0) is 13.9. The predicted molar refractivity (Wildman–Crippen MR) is 79.1 cm³/mol. The maximum Gasteiger partial charge on any atom is 0.126 e. The van der Waals surface area contributed by atoms with Crippen LogP contribution in [-0.2, 0) is 0 Å². The first kappa shape index (κ1) is 14.6. The number of benzene rings is 1. The maximum absolute atomic E-state index is 13.4. The number of nitrogens with one attached hydrogen (secondary N) is 1. The molecule has 0 aliphatic heterocycles. The second-order valence-corrected chi connectivity index (χ2v) is 5.93. The van der Waals surface area contributed by atoms with E-state index in [9.17, 15) is 4.39 Å². The molecule has 3 N–H and O–H groups in total. The van der Waals surface area contributed by atoms with Crippen molar-refractivity contribution < 1.29 is 4.39 Å². The molecule has 0 bridgehead atoms. The van der Waals surface area contributed by atoms with Gasteiger partial charge in [0.05, 0.1) is 5.54 Å². The molecule has 1 fully saturated rings. The molecule has 0 saturated heterocycles. The van der Waals surface area contributed by atoms with Crippen LogP contribution in [0, 0.1) is 11.7 Å². The third-order valence-electron chi connectivity index (χ3n) is 4.32. The van der Waals surface area contributed by atoms with Crippen molar-refractivity contribution in [1.82, 2.24) is 0 Å². The van der Waals surface area contributed by atoms with E-state index in [1.165, 1.54) is 31.4 Å². The van der Waals surface area contributed by atoms with Gasteiger partial charge in [-0.05, 0) is 37.0 Å². The first-order chi connectivity index (χ1) is 9.09. The molecular weight excluding hydrogens is 263 g/mol. The average Bonchev–Trinajstić information content (AvgIpc) is 2.38. The van der Waals surface area contributed by atoms with Crippen molar-refractivity contribution >= 4 is 17.3 Å². The molecule has 19 heavy (non-hydrogen) atoms. The molecule has 1 aliphatic rings. The molecule has 1 aliphatic carbocycles. The van der Waals surface area contributed by atoms with Crippen LogP contribution >= 0.6 is 11.6 Å². The van der Waals surface area contributed by atoms with Gasteiger partial charge in [-0.15, -0.1) is 0 Å². The van der Waals surface area contributed by atoms with E-state index in [4.69, 9.17) is 17.3 Å². The quantitative estimate of drug-likeness (QED) is 0.870. The lowest BCUT2D eigenvalue weighted by atomic mass is 9.71. The van der Waals surface area contributed by atoms with Crippen LogP contribution < -0.4 is 11.1 Å². The molecule has 2 atom stereocenters. The molecule has 1 aromatic carbocycles. The third-order valence-corrected chi connectivity index (χ3v) is 4.54. The van der Waals surface area contributed by atoms with E-state index in [0.29, 0.717) is 17.5 Å². The van der Waals surface area contributed by atoms with E-state index in [2.05, 4.69) is 12.2 Å². The van der Waals surface area contributed by atoms with Gasteiger partial charge in [0.2, 0.25) is 0 Å². The summed E-state index contributed by atoms with van der Waals surface area (Å²) < 4.78 is 13.4. The summed E-state index contributed by atoms with van der Waals surface area (Å²) in [7, 11) is 0. The highest BCUT2D eigenvalue weighted by atomic mass is 35.5. The van der Waals surface area contributed by atoms with Gasteiger partial charge < -0.3 is 11.1 Å². The lowest BCUT2D eigenvalue weighted by Crippen LogP contribution is -2.53. The zero-order valence-electron chi connectivity index (χ0n) is 11.4. The molecule has 2 rings (SSSR count). The van der Waals surface area contributed by atoms with Gasteiger partial charge >= 0.3 is 0 Å². The summed E-state index contributed by atoms with van der Waals surface area (Å²) in [5.41, 5.74) is 6.65. The molecule has 0 spiro atoms. The van der Waals surface area contributed by atoms with Crippen molar-refractivity contribution in [3.8, 4) is 0 Å². The first-order valence-electron chi connectivity index (χ1n) is 7.04. The van der Waals surface area contributed by atoms with Crippen LogP contribution in [0.2, 0.25) is 5.02 Å². The molecular formula is C15H22ClFN2. The molecule has 0 radical (unpaired) electrons. The Balaban J connectivity index is 2.25. The number of halogens is 2. The van der Waals surface area contributed by atoms with Crippen LogP contribution in [0.1, 0.15) is 39.0 Å². The Hall–Kier alpha value is -0.800. The van der Waals surface area contributed by atoms with Crippen LogP contribution in [-0.4, -0.2) is 12.1 Å². The van der Waals surface area contributed by atoms with Crippen LogP contribution in [0.4, 0.5) is 10.1 Å². The van der Waals surface area contributed by atoms with Crippen molar-refractivity contribution in [2.24, 2.45) is 11.7 Å². The van der Waals surface area contributed by atoms with Gasteiger partial charge in [0.1, 0.15) is 5.82 Å². The lowest BCUT2D eigenvalue weighted by Gasteiger charge is -2.44. The molecule has 2 unspecified atom stereocenters. The number of nitrogens with two attached hydrogens (primary N) is 1. The summed E-state index contributed by atoms with van der Waals surface area (Å²) in [5.74, 6) is 0.222. The van der Waals surface area contributed by atoms with E-state index in [0.717, 1.165) is 18.5 Å². The summed E-state index contributed by atoms with van der Waals surface area (Å²) in [6.07, 6.45) is 5.74. The normalized spacial score (nSPS) is 27.3. The minimum atomic E-state index is -0.314. The van der Waals surface area contributed by atoms with Crippen molar-refractivity contribution in [2.75, 3.05) is 11.9 Å². The SMILES string of the molecule is CCC1CCCCC1(CN)Nc1cc(F)cc(Cl)c1. The van der Waals surface area contributed by atoms with E-state index < -0.39 is 0 Å². The largest absolute Gasteiger partial charge is 0.378 e. The highest BCUT2D eigenvalue weighted by molar-refractivity contribution is 6.30. The summed E-state index contributed by atoms with van der Waals surface area (Å²) >= 11 is 5.92. The monoisotopic (exact) mass is 284 g/mol. The molecule has 0 heterocycles. The van der Waals surface area contributed by atoms with E-state index in [1.54, 1.807) is 6.07 Å². The van der Waals surface area contributed by atoms with Crippen molar-refractivity contribution in [1.29, 1.82) is 0 Å². The van der Waals surface area contributed by atoms with Gasteiger partial charge in [0.15, 0.2) is 0 Å².